The van der Waals surface area contributed by atoms with Crippen molar-refractivity contribution in [2.24, 2.45) is 0 Å². The van der Waals surface area contributed by atoms with E-state index in [2.05, 4.69) is 105 Å². The van der Waals surface area contributed by atoms with E-state index in [1.165, 1.54) is 50.9 Å². The first-order chi connectivity index (χ1) is 13.4. The maximum atomic E-state index is 2.45. The number of hydrogen-bond acceptors (Lipinski definition) is 0. The molecule has 0 unspecified atom stereocenters. The molecule has 2 aromatic carbocycles. The van der Waals surface area contributed by atoms with Gasteiger partial charge in [0, 0.05) is 6.42 Å². The summed E-state index contributed by atoms with van der Waals surface area (Å²) in [7, 11) is 0. The number of fused-ring (bicyclic) bond motifs is 1. The molecule has 0 atom stereocenters. The van der Waals surface area contributed by atoms with Crippen molar-refractivity contribution in [1.29, 1.82) is 0 Å². The van der Waals surface area contributed by atoms with Crippen LogP contribution in [0.4, 0.5) is 0 Å². The third-order valence-electron chi connectivity index (χ3n) is 6.10. The van der Waals surface area contributed by atoms with Crippen molar-refractivity contribution in [2.75, 3.05) is 0 Å². The lowest BCUT2D eigenvalue weighted by Crippen LogP contribution is -2.16. The van der Waals surface area contributed by atoms with Crippen LogP contribution in [0.25, 0.3) is 17.2 Å². The van der Waals surface area contributed by atoms with Crippen LogP contribution in [0.3, 0.4) is 0 Å². The van der Waals surface area contributed by atoms with E-state index in [1.54, 1.807) is 0 Å². The van der Waals surface area contributed by atoms with Gasteiger partial charge < -0.3 is 0 Å². The topological polar surface area (TPSA) is 0 Å². The fraction of sp³-hybridized carbons (Fsp3) is 0.483. The van der Waals surface area contributed by atoms with E-state index >= 15 is 0 Å². The van der Waals surface area contributed by atoms with Crippen molar-refractivity contribution in [3.8, 4) is 11.1 Å². The predicted octanol–water partition coefficient (Wildman–Crippen LogP) is 8.82. The zero-order valence-electron chi connectivity index (χ0n) is 20.0. The van der Waals surface area contributed by atoms with Crippen molar-refractivity contribution in [3.63, 3.8) is 0 Å². The third-order valence-corrected chi connectivity index (χ3v) is 6.10. The Morgan fingerprint density at radius 1 is 0.828 bits per heavy atom. The first-order valence-electron chi connectivity index (χ1n) is 11.3. The van der Waals surface area contributed by atoms with Crippen molar-refractivity contribution < 1.29 is 0 Å². The number of hydrogen-bond donors (Lipinski definition) is 0. The molecule has 0 N–H and O–H groups in total. The highest BCUT2D eigenvalue weighted by Gasteiger charge is 2.25. The highest BCUT2D eigenvalue weighted by atomic mass is 14.3. The second kappa shape index (κ2) is 7.78. The van der Waals surface area contributed by atoms with Crippen LogP contribution in [0, 0.1) is 6.42 Å². The molecular weight excluding hydrogens is 348 g/mol. The molecule has 155 valence electrons. The van der Waals surface area contributed by atoms with Gasteiger partial charge in [-0.1, -0.05) is 111 Å². The van der Waals surface area contributed by atoms with Gasteiger partial charge >= 0.3 is 0 Å². The SMILES string of the molecule is CCCC1=Cc2c(ccc(C(C)C)c2-c2cc(C(C)(C)C)cc(C(C)(C)C)c2)[CH]1. The Kier molecular flexibility index (Phi) is 5.87. The minimum absolute atomic E-state index is 0.126. The van der Waals surface area contributed by atoms with Gasteiger partial charge in [0.1, 0.15) is 0 Å². The van der Waals surface area contributed by atoms with Crippen molar-refractivity contribution in [3.05, 3.63) is 70.1 Å². The van der Waals surface area contributed by atoms with Crippen LogP contribution in [0.2, 0.25) is 0 Å². The largest absolute Gasteiger partial charge is 0.0651 e. The molecule has 0 saturated heterocycles. The zero-order chi connectivity index (χ0) is 21.6. The number of rotatable bonds is 4. The third kappa shape index (κ3) is 4.52. The van der Waals surface area contributed by atoms with E-state index < -0.39 is 0 Å². The molecule has 0 spiro atoms. The number of allylic oxidation sites excluding steroid dienone is 1. The summed E-state index contributed by atoms with van der Waals surface area (Å²) in [6.07, 6.45) is 7.18. The van der Waals surface area contributed by atoms with Crippen molar-refractivity contribution in [2.45, 2.75) is 91.9 Å². The normalized spacial score (nSPS) is 14.3. The summed E-state index contributed by atoms with van der Waals surface area (Å²) in [6, 6.07) is 12.0. The fourth-order valence-electron chi connectivity index (χ4n) is 4.23. The predicted molar refractivity (Wildman–Crippen MR) is 130 cm³/mol. The maximum Gasteiger partial charge on any atom is 0.0164 e. The highest BCUT2D eigenvalue weighted by Crippen LogP contribution is 2.43. The molecule has 29 heavy (non-hydrogen) atoms. The quantitative estimate of drug-likeness (QED) is 0.491. The maximum absolute atomic E-state index is 2.45. The summed E-state index contributed by atoms with van der Waals surface area (Å²) < 4.78 is 0. The average molecular weight is 388 g/mol. The van der Waals surface area contributed by atoms with Gasteiger partial charge in [0.25, 0.3) is 0 Å². The molecule has 0 aliphatic heterocycles. The van der Waals surface area contributed by atoms with Crippen LogP contribution >= 0.6 is 0 Å². The van der Waals surface area contributed by atoms with Crippen LogP contribution in [-0.2, 0) is 10.8 Å². The molecule has 0 nitrogen and oxygen atoms in total. The van der Waals surface area contributed by atoms with Crippen LogP contribution in [-0.4, -0.2) is 0 Å². The Hall–Kier alpha value is -1.82. The Bertz CT molecular complexity index is 891. The van der Waals surface area contributed by atoms with Gasteiger partial charge in [-0.3, -0.25) is 0 Å². The van der Waals surface area contributed by atoms with Crippen LogP contribution in [0.15, 0.2) is 35.9 Å². The smallest absolute Gasteiger partial charge is 0.0164 e. The Morgan fingerprint density at radius 3 is 1.90 bits per heavy atom. The summed E-state index contributed by atoms with van der Waals surface area (Å²) in [5.74, 6) is 0.496. The number of benzene rings is 2. The lowest BCUT2D eigenvalue weighted by Gasteiger charge is -2.27. The molecule has 0 heteroatoms. The summed E-state index contributed by atoms with van der Waals surface area (Å²) in [5, 5.41) is 0. The van der Waals surface area contributed by atoms with Gasteiger partial charge in [-0.25, -0.2) is 0 Å². The standard InChI is InChI=1S/C29H39/c1-10-11-20-14-21-12-13-25(19(2)3)27(26(21)15-20)22-16-23(28(4,5)6)18-24(17-22)29(7,8)9/h12-19H,10-11H2,1-9H3. The van der Waals surface area contributed by atoms with Crippen molar-refractivity contribution >= 4 is 6.08 Å². The van der Waals surface area contributed by atoms with Crippen LogP contribution in [0.5, 0.6) is 0 Å². The van der Waals surface area contributed by atoms with E-state index in [0.29, 0.717) is 5.92 Å². The lowest BCUT2D eigenvalue weighted by molar-refractivity contribution is 0.569. The summed E-state index contributed by atoms with van der Waals surface area (Å²) in [4.78, 5) is 0. The van der Waals surface area contributed by atoms with Gasteiger partial charge in [0.2, 0.25) is 0 Å². The molecule has 1 aliphatic rings. The first-order valence-corrected chi connectivity index (χ1v) is 11.3. The Labute approximate surface area is 179 Å². The Morgan fingerprint density at radius 2 is 1.41 bits per heavy atom. The molecule has 0 fully saturated rings. The molecule has 0 heterocycles. The molecule has 3 rings (SSSR count). The van der Waals surface area contributed by atoms with Gasteiger partial charge in [0.05, 0.1) is 0 Å². The van der Waals surface area contributed by atoms with Crippen LogP contribution < -0.4 is 0 Å². The highest BCUT2D eigenvalue weighted by molar-refractivity contribution is 5.86. The van der Waals surface area contributed by atoms with E-state index in [9.17, 15) is 0 Å². The summed E-state index contributed by atoms with van der Waals surface area (Å²) in [5.41, 5.74) is 11.6. The van der Waals surface area contributed by atoms with E-state index in [0.717, 1.165) is 6.42 Å². The molecule has 0 saturated carbocycles. The monoisotopic (exact) mass is 387 g/mol. The summed E-state index contributed by atoms with van der Waals surface area (Å²) >= 11 is 0. The molecule has 0 amide bonds. The molecule has 0 bridgehead atoms. The Balaban J connectivity index is 2.32. The molecule has 1 radical (unpaired) electrons. The molecule has 2 aromatic rings. The minimum atomic E-state index is 0.126. The average Bonchev–Trinajstić information content (AvgIpc) is 3.01. The minimum Gasteiger partial charge on any atom is -0.0651 e. The van der Waals surface area contributed by atoms with Gasteiger partial charge in [-0.15, -0.1) is 0 Å². The molecular formula is C29H39. The van der Waals surface area contributed by atoms with Gasteiger partial charge in [-0.05, 0) is 62.1 Å². The zero-order valence-corrected chi connectivity index (χ0v) is 20.0. The first kappa shape index (κ1) is 21.9. The van der Waals surface area contributed by atoms with E-state index in [4.69, 9.17) is 0 Å². The van der Waals surface area contributed by atoms with Gasteiger partial charge in [0.15, 0.2) is 0 Å². The van der Waals surface area contributed by atoms with Crippen molar-refractivity contribution in [1.82, 2.24) is 0 Å². The molecule has 1 aliphatic carbocycles. The van der Waals surface area contributed by atoms with Gasteiger partial charge in [-0.2, -0.15) is 0 Å². The summed E-state index contributed by atoms with van der Waals surface area (Å²) in [6.45, 7) is 20.8. The molecule has 0 aromatic heterocycles. The second-order valence-corrected chi connectivity index (χ2v) is 11.1. The lowest BCUT2D eigenvalue weighted by atomic mass is 9.77. The fourth-order valence-corrected chi connectivity index (χ4v) is 4.23. The van der Waals surface area contributed by atoms with E-state index in [-0.39, 0.29) is 10.8 Å². The van der Waals surface area contributed by atoms with Crippen LogP contribution in [0.1, 0.15) is 109 Å². The van der Waals surface area contributed by atoms with E-state index in [1.807, 2.05) is 0 Å². The second-order valence-electron chi connectivity index (χ2n) is 11.1.